The minimum Gasteiger partial charge on any atom is -0.305 e. The molecule has 0 aromatic carbocycles. The second-order valence-corrected chi connectivity index (χ2v) is 3.04. The summed E-state index contributed by atoms with van der Waals surface area (Å²) in [6, 6.07) is 0. The monoisotopic (exact) mass is 219 g/mol. The van der Waals surface area contributed by atoms with Gasteiger partial charge in [0.1, 0.15) is 0 Å². The first-order valence-corrected chi connectivity index (χ1v) is 4.53. The molecule has 0 aliphatic heterocycles. The average Bonchev–Trinajstić information content (AvgIpc) is 1.63. The summed E-state index contributed by atoms with van der Waals surface area (Å²) < 4.78 is 35.9. The molecule has 0 aliphatic rings. The third-order valence-electron chi connectivity index (χ3n) is 0.451. The van der Waals surface area contributed by atoms with E-state index < -0.39 is 22.2 Å². The van der Waals surface area contributed by atoms with Crippen LogP contribution in [0.5, 0.6) is 0 Å². The maximum Gasteiger partial charge on any atom is 0.167 e. The minimum absolute atomic E-state index is 0. The fourth-order valence-corrected chi connectivity index (χ4v) is 0.899. The molecule has 0 bridgehead atoms. The Labute approximate surface area is 114 Å². The Bertz CT molecular complexity index is 119. The van der Waals surface area contributed by atoms with Crippen LogP contribution >= 0.6 is 0 Å². The molecule has 0 aromatic rings. The molecule has 0 aromatic heterocycles. The van der Waals surface area contributed by atoms with Crippen molar-refractivity contribution in [1.29, 1.82) is 0 Å². The van der Waals surface area contributed by atoms with Gasteiger partial charge in [0.15, 0.2) is 22.2 Å². The molecular weight excluding hydrogens is 212 g/mol. The molecule has 0 aliphatic carbocycles. The Morgan fingerprint density at radius 2 is 1.27 bits per heavy atom. The molecule has 2 unspecified atom stereocenters. The summed E-state index contributed by atoms with van der Waals surface area (Å²) in [4.78, 5) is 0. The Balaban J connectivity index is -0.000000320. The van der Waals surface area contributed by atoms with Gasteiger partial charge in [-0.05, 0) is 0 Å². The van der Waals surface area contributed by atoms with E-state index in [0.717, 1.165) is 0 Å². The summed E-state index contributed by atoms with van der Waals surface area (Å²) >= 11 is -3.88. The van der Waals surface area contributed by atoms with Crippen molar-refractivity contribution in [3.05, 3.63) is 0 Å². The summed E-state index contributed by atoms with van der Waals surface area (Å²) in [6.45, 7) is 0. The largest absolute Gasteiger partial charge is 0.305 e. The van der Waals surface area contributed by atoms with Gasteiger partial charge in [-0.15, -0.1) is 0 Å². The van der Waals surface area contributed by atoms with Crippen molar-refractivity contribution in [2.75, 3.05) is 11.8 Å². The SMILES string of the molecule is O=S(O)CNCS(=O)O.[Na].[Na]. The van der Waals surface area contributed by atoms with Gasteiger partial charge in [-0.3, -0.25) is 5.32 Å². The van der Waals surface area contributed by atoms with E-state index in [1.54, 1.807) is 0 Å². The van der Waals surface area contributed by atoms with Crippen LogP contribution in [-0.2, 0) is 22.2 Å². The number of nitrogens with one attached hydrogen (secondary N) is 1. The molecule has 0 heterocycles. The van der Waals surface area contributed by atoms with E-state index in [1.807, 2.05) is 0 Å². The zero-order valence-corrected chi connectivity index (χ0v) is 12.1. The third-order valence-corrected chi connectivity index (χ3v) is 1.35. The van der Waals surface area contributed by atoms with E-state index in [1.165, 1.54) is 0 Å². The van der Waals surface area contributed by atoms with Gasteiger partial charge in [-0.2, -0.15) is 0 Å². The Morgan fingerprint density at radius 1 is 1.00 bits per heavy atom. The maximum absolute atomic E-state index is 9.85. The van der Waals surface area contributed by atoms with Gasteiger partial charge < -0.3 is 9.11 Å². The van der Waals surface area contributed by atoms with Crippen LogP contribution in [0.25, 0.3) is 0 Å². The summed E-state index contributed by atoms with van der Waals surface area (Å²) in [5, 5.41) is 2.28. The first-order valence-electron chi connectivity index (χ1n) is 1.98. The number of hydrogen-bond donors (Lipinski definition) is 3. The van der Waals surface area contributed by atoms with Gasteiger partial charge in [0.05, 0.1) is 11.8 Å². The topological polar surface area (TPSA) is 86.6 Å². The zero-order chi connectivity index (χ0) is 7.28. The van der Waals surface area contributed by atoms with Gasteiger partial charge in [-0.25, -0.2) is 8.42 Å². The van der Waals surface area contributed by atoms with Crippen molar-refractivity contribution >= 4 is 81.3 Å². The summed E-state index contributed by atoms with van der Waals surface area (Å²) in [6.07, 6.45) is 0. The molecule has 0 saturated carbocycles. The van der Waals surface area contributed by atoms with Crippen molar-refractivity contribution in [2.45, 2.75) is 0 Å². The number of rotatable bonds is 4. The predicted molar refractivity (Wildman–Crippen MR) is 45.9 cm³/mol. The fraction of sp³-hybridized carbons (Fsp3) is 1.00. The van der Waals surface area contributed by atoms with E-state index in [0.29, 0.717) is 0 Å². The van der Waals surface area contributed by atoms with Gasteiger partial charge >= 0.3 is 0 Å². The van der Waals surface area contributed by atoms with E-state index in [-0.39, 0.29) is 70.9 Å². The molecule has 2 radical (unpaired) electrons. The van der Waals surface area contributed by atoms with Crippen LogP contribution in [-0.4, -0.2) is 88.4 Å². The molecule has 0 rings (SSSR count). The maximum atomic E-state index is 9.85. The second kappa shape index (κ2) is 12.2. The molecule has 0 spiro atoms. The van der Waals surface area contributed by atoms with Crippen LogP contribution in [0.1, 0.15) is 0 Å². The van der Waals surface area contributed by atoms with Crippen molar-refractivity contribution in [3.63, 3.8) is 0 Å². The minimum atomic E-state index is -1.94. The zero-order valence-electron chi connectivity index (χ0n) is 6.44. The van der Waals surface area contributed by atoms with Crippen molar-refractivity contribution in [1.82, 2.24) is 5.32 Å². The van der Waals surface area contributed by atoms with E-state index in [4.69, 9.17) is 9.11 Å². The van der Waals surface area contributed by atoms with Crippen molar-refractivity contribution in [3.8, 4) is 0 Å². The molecule has 3 N–H and O–H groups in total. The summed E-state index contributed by atoms with van der Waals surface area (Å²) in [5.74, 6) is -0.349. The van der Waals surface area contributed by atoms with Crippen LogP contribution in [0, 0.1) is 0 Å². The fourth-order valence-electron chi connectivity index (χ4n) is 0.216. The van der Waals surface area contributed by atoms with Gasteiger partial charge in [-0.1, -0.05) is 0 Å². The molecule has 58 valence electrons. The molecule has 0 saturated heterocycles. The quantitative estimate of drug-likeness (QED) is 0.382. The Morgan fingerprint density at radius 3 is 1.45 bits per heavy atom. The van der Waals surface area contributed by atoms with Crippen molar-refractivity contribution < 1.29 is 17.5 Å². The van der Waals surface area contributed by atoms with Gasteiger partial charge in [0, 0.05) is 59.1 Å². The summed E-state index contributed by atoms with van der Waals surface area (Å²) in [7, 11) is 0. The molecule has 0 fully saturated rings. The first-order chi connectivity index (χ1) is 4.13. The molecule has 0 amide bonds. The van der Waals surface area contributed by atoms with E-state index in [9.17, 15) is 8.42 Å². The van der Waals surface area contributed by atoms with Crippen LogP contribution in [0.4, 0.5) is 0 Å². The molecule has 9 heteroatoms. The predicted octanol–water partition coefficient (Wildman–Crippen LogP) is -1.83. The molecule has 5 nitrogen and oxygen atoms in total. The standard InChI is InChI=1S/C2H7NO4S2.2Na/c4-8(5)1-3-2-9(6)7;;/h3H,1-2H2,(H,4,5)(H,6,7);;. The normalized spacial score (nSPS) is 14.0. The Kier molecular flexibility index (Phi) is 20.9. The van der Waals surface area contributed by atoms with Gasteiger partial charge in [0.25, 0.3) is 0 Å². The third kappa shape index (κ3) is 18.9. The first kappa shape index (κ1) is 18.9. The van der Waals surface area contributed by atoms with Gasteiger partial charge in [0.2, 0.25) is 0 Å². The van der Waals surface area contributed by atoms with Crippen molar-refractivity contribution in [2.24, 2.45) is 0 Å². The summed E-state index contributed by atoms with van der Waals surface area (Å²) in [5.41, 5.74) is 0. The average molecular weight is 219 g/mol. The van der Waals surface area contributed by atoms with E-state index >= 15 is 0 Å². The van der Waals surface area contributed by atoms with Crippen LogP contribution < -0.4 is 5.32 Å². The molecular formula is C2H7NNa2O4S2. The molecule has 2 atom stereocenters. The van der Waals surface area contributed by atoms with E-state index in [2.05, 4.69) is 5.32 Å². The molecule has 11 heavy (non-hydrogen) atoms. The number of hydrogen-bond acceptors (Lipinski definition) is 3. The van der Waals surface area contributed by atoms with Crippen LogP contribution in [0.15, 0.2) is 0 Å². The van der Waals surface area contributed by atoms with Crippen LogP contribution in [0.3, 0.4) is 0 Å². The Hall–Kier alpha value is 2.18. The van der Waals surface area contributed by atoms with Crippen LogP contribution in [0.2, 0.25) is 0 Å². The smallest absolute Gasteiger partial charge is 0.167 e. The second-order valence-electron chi connectivity index (χ2n) is 1.18.